The Bertz CT molecular complexity index is 1010. The molecule has 1 saturated heterocycles. The molecule has 4 rings (SSSR count). The number of nitrogens with zero attached hydrogens (tertiary/aromatic N) is 4. The van der Waals surface area contributed by atoms with E-state index in [1.54, 1.807) is 16.6 Å². The van der Waals surface area contributed by atoms with Crippen LogP contribution in [0, 0.1) is 19.7 Å². The quantitative estimate of drug-likeness (QED) is 0.755. The van der Waals surface area contributed by atoms with E-state index in [0.717, 1.165) is 37.3 Å². The summed E-state index contributed by atoms with van der Waals surface area (Å²) in [6, 6.07) is 10.6. The van der Waals surface area contributed by atoms with Gasteiger partial charge in [-0.3, -0.25) is 9.69 Å². The predicted molar refractivity (Wildman–Crippen MR) is 105 cm³/mol. The van der Waals surface area contributed by atoms with Crippen LogP contribution in [0.4, 0.5) is 4.39 Å². The molecule has 0 radical (unpaired) electrons. The normalized spacial score (nSPS) is 15.8. The van der Waals surface area contributed by atoms with Crippen LogP contribution in [-0.4, -0.2) is 44.5 Å². The Morgan fingerprint density at radius 2 is 1.96 bits per heavy atom. The van der Waals surface area contributed by atoms with Gasteiger partial charge >= 0.3 is 0 Å². The third-order valence-corrected chi connectivity index (χ3v) is 5.23. The van der Waals surface area contributed by atoms with Crippen molar-refractivity contribution in [2.24, 2.45) is 0 Å². The Labute approximate surface area is 163 Å². The van der Waals surface area contributed by atoms with Gasteiger partial charge in [-0.05, 0) is 38.8 Å². The van der Waals surface area contributed by atoms with Gasteiger partial charge in [-0.25, -0.2) is 13.9 Å². The molecule has 0 bridgehead atoms. The molecule has 28 heavy (non-hydrogen) atoms. The average molecular weight is 381 g/mol. The van der Waals surface area contributed by atoms with Crippen molar-refractivity contribution in [1.82, 2.24) is 24.8 Å². The number of benzene rings is 1. The third-order valence-electron chi connectivity index (χ3n) is 5.23. The first-order chi connectivity index (χ1) is 13.5. The Morgan fingerprint density at radius 3 is 2.71 bits per heavy atom. The van der Waals surface area contributed by atoms with Gasteiger partial charge in [0.25, 0.3) is 5.91 Å². The fraction of sp³-hybridized carbons (Fsp3) is 0.381. The van der Waals surface area contributed by atoms with Gasteiger partial charge in [-0.2, -0.15) is 5.10 Å². The van der Waals surface area contributed by atoms with Crippen molar-refractivity contribution in [3.63, 3.8) is 0 Å². The number of aromatic nitrogens is 3. The van der Waals surface area contributed by atoms with Gasteiger partial charge in [-0.1, -0.05) is 18.2 Å². The summed E-state index contributed by atoms with van der Waals surface area (Å²) in [6.07, 6.45) is 1.68. The van der Waals surface area contributed by atoms with Crippen LogP contribution in [0.2, 0.25) is 0 Å². The number of hydrogen-bond donors (Lipinski definition) is 1. The first-order valence-corrected chi connectivity index (χ1v) is 9.60. The number of piperidine rings is 1. The molecule has 1 N–H and O–H groups in total. The molecule has 0 unspecified atom stereocenters. The highest BCUT2D eigenvalue weighted by atomic mass is 19.1. The number of nitrogens with one attached hydrogen (secondary N) is 1. The van der Waals surface area contributed by atoms with Crippen molar-refractivity contribution >= 4 is 11.6 Å². The molecule has 3 aromatic rings. The highest BCUT2D eigenvalue weighted by molar-refractivity contribution is 5.93. The number of likely N-dealkylation sites (tertiary alicyclic amines) is 1. The molecule has 0 atom stereocenters. The molecule has 1 aliphatic heterocycles. The molecular weight excluding hydrogens is 357 g/mol. The molecule has 146 valence electrons. The molecule has 0 aliphatic carbocycles. The maximum Gasteiger partial charge on any atom is 0.270 e. The zero-order valence-electron chi connectivity index (χ0n) is 16.2. The Balaban J connectivity index is 1.36. The summed E-state index contributed by atoms with van der Waals surface area (Å²) in [5, 5.41) is 7.47. The van der Waals surface area contributed by atoms with Gasteiger partial charge in [0.2, 0.25) is 0 Å². The summed E-state index contributed by atoms with van der Waals surface area (Å²) in [4.78, 5) is 19.3. The van der Waals surface area contributed by atoms with E-state index < -0.39 is 0 Å². The minimum atomic E-state index is -0.162. The lowest BCUT2D eigenvalue weighted by Crippen LogP contribution is -2.44. The van der Waals surface area contributed by atoms with E-state index in [9.17, 15) is 9.18 Å². The van der Waals surface area contributed by atoms with Crippen molar-refractivity contribution < 1.29 is 9.18 Å². The van der Waals surface area contributed by atoms with E-state index in [2.05, 4.69) is 20.3 Å². The van der Waals surface area contributed by atoms with Gasteiger partial charge in [-0.15, -0.1) is 0 Å². The van der Waals surface area contributed by atoms with Crippen molar-refractivity contribution in [1.29, 1.82) is 0 Å². The van der Waals surface area contributed by atoms with E-state index in [-0.39, 0.29) is 17.8 Å². The van der Waals surface area contributed by atoms with Gasteiger partial charge in [0.15, 0.2) is 5.65 Å². The van der Waals surface area contributed by atoms with Crippen molar-refractivity contribution in [3.8, 4) is 0 Å². The van der Waals surface area contributed by atoms with Crippen LogP contribution in [0.15, 0.2) is 36.4 Å². The number of rotatable bonds is 4. The fourth-order valence-electron chi connectivity index (χ4n) is 3.72. The van der Waals surface area contributed by atoms with Crippen molar-refractivity contribution in [2.45, 2.75) is 39.3 Å². The van der Waals surface area contributed by atoms with Crippen LogP contribution >= 0.6 is 0 Å². The summed E-state index contributed by atoms with van der Waals surface area (Å²) in [7, 11) is 0. The number of carbonyl (C=O) groups is 1. The molecule has 1 amide bonds. The average Bonchev–Trinajstić information content (AvgIpc) is 3.06. The SMILES string of the molecule is Cc1cc2nc(C(=O)NC3CCN(Cc4ccccc4F)CC3)cc(C)n2n1. The minimum Gasteiger partial charge on any atom is -0.348 e. The second-order valence-electron chi connectivity index (χ2n) is 7.45. The van der Waals surface area contributed by atoms with Crippen molar-refractivity contribution in [2.75, 3.05) is 13.1 Å². The molecule has 2 aromatic heterocycles. The molecule has 1 aliphatic rings. The lowest BCUT2D eigenvalue weighted by molar-refractivity contribution is 0.0903. The van der Waals surface area contributed by atoms with Crippen LogP contribution in [0.1, 0.15) is 40.3 Å². The maximum absolute atomic E-state index is 13.8. The zero-order valence-corrected chi connectivity index (χ0v) is 16.2. The summed E-state index contributed by atoms with van der Waals surface area (Å²) in [6.45, 7) is 6.08. The molecule has 0 spiro atoms. The topological polar surface area (TPSA) is 62.5 Å². The third kappa shape index (κ3) is 3.89. The molecule has 6 nitrogen and oxygen atoms in total. The van der Waals surface area contributed by atoms with E-state index >= 15 is 0 Å². The van der Waals surface area contributed by atoms with Crippen LogP contribution in [0.5, 0.6) is 0 Å². The van der Waals surface area contributed by atoms with Crippen molar-refractivity contribution in [3.05, 3.63) is 64.9 Å². The lowest BCUT2D eigenvalue weighted by Gasteiger charge is -2.32. The van der Waals surface area contributed by atoms with Crippen LogP contribution in [0.3, 0.4) is 0 Å². The molecule has 1 aromatic carbocycles. The van der Waals surface area contributed by atoms with Gasteiger partial charge in [0.1, 0.15) is 11.5 Å². The van der Waals surface area contributed by atoms with E-state index in [0.29, 0.717) is 23.4 Å². The monoisotopic (exact) mass is 381 g/mol. The minimum absolute atomic E-state index is 0.106. The number of amides is 1. The summed E-state index contributed by atoms with van der Waals surface area (Å²) in [5.41, 5.74) is 3.56. The van der Waals surface area contributed by atoms with Crippen LogP contribution < -0.4 is 5.32 Å². The Morgan fingerprint density at radius 1 is 1.21 bits per heavy atom. The molecule has 0 saturated carbocycles. The standard InChI is InChI=1S/C21H24FN5O/c1-14-11-20-24-19(12-15(2)27(20)25-14)21(28)23-17-7-9-26(10-8-17)13-16-5-3-4-6-18(16)22/h3-6,11-12,17H,7-10,13H2,1-2H3,(H,23,28). The maximum atomic E-state index is 13.8. The Kier molecular flexibility index (Phi) is 5.09. The second kappa shape index (κ2) is 7.67. The van der Waals surface area contributed by atoms with Gasteiger partial charge in [0, 0.05) is 43.0 Å². The molecule has 1 fully saturated rings. The van der Waals surface area contributed by atoms with E-state index in [1.807, 2.05) is 32.0 Å². The molecular formula is C21H24FN5O. The van der Waals surface area contributed by atoms with E-state index in [4.69, 9.17) is 0 Å². The zero-order chi connectivity index (χ0) is 19.7. The number of fused-ring (bicyclic) bond motifs is 1. The van der Waals surface area contributed by atoms with Gasteiger partial charge in [0.05, 0.1) is 5.69 Å². The largest absolute Gasteiger partial charge is 0.348 e. The highest BCUT2D eigenvalue weighted by Crippen LogP contribution is 2.16. The van der Waals surface area contributed by atoms with Crippen LogP contribution in [0.25, 0.3) is 5.65 Å². The predicted octanol–water partition coefficient (Wildman–Crippen LogP) is 2.88. The first kappa shape index (κ1) is 18.6. The number of carbonyl (C=O) groups excluding carboxylic acids is 1. The first-order valence-electron chi connectivity index (χ1n) is 9.60. The van der Waals surface area contributed by atoms with Crippen LogP contribution in [-0.2, 0) is 6.54 Å². The number of halogens is 1. The summed E-state index contributed by atoms with van der Waals surface area (Å²) >= 11 is 0. The number of aryl methyl sites for hydroxylation is 2. The second-order valence-corrected chi connectivity index (χ2v) is 7.45. The number of hydrogen-bond acceptors (Lipinski definition) is 4. The summed E-state index contributed by atoms with van der Waals surface area (Å²) < 4.78 is 15.6. The molecule has 3 heterocycles. The Hall–Kier alpha value is -2.80. The lowest BCUT2D eigenvalue weighted by atomic mass is 10.0. The van der Waals surface area contributed by atoms with Gasteiger partial charge < -0.3 is 5.32 Å². The fourth-order valence-corrected chi connectivity index (χ4v) is 3.72. The smallest absolute Gasteiger partial charge is 0.270 e. The highest BCUT2D eigenvalue weighted by Gasteiger charge is 2.22. The summed E-state index contributed by atoms with van der Waals surface area (Å²) in [5.74, 6) is -0.318. The van der Waals surface area contributed by atoms with E-state index in [1.165, 1.54) is 6.07 Å². The molecule has 7 heteroatoms.